The lowest BCUT2D eigenvalue weighted by atomic mass is 10.00. The Labute approximate surface area is 137 Å². The second-order valence-corrected chi connectivity index (χ2v) is 4.99. The molecule has 0 atom stereocenters. The van der Waals surface area contributed by atoms with Gasteiger partial charge >= 0.3 is 5.97 Å². The van der Waals surface area contributed by atoms with Crippen molar-refractivity contribution in [3.05, 3.63) is 53.1 Å². The normalized spacial score (nSPS) is 9.74. The van der Waals surface area contributed by atoms with Crippen molar-refractivity contribution in [1.29, 1.82) is 0 Å². The fourth-order valence-corrected chi connectivity index (χ4v) is 2.17. The van der Waals surface area contributed by atoms with E-state index in [2.05, 4.69) is 0 Å². The van der Waals surface area contributed by atoms with Crippen LogP contribution in [-0.2, 0) is 11.2 Å². The number of carboxylic acids is 1. The summed E-state index contributed by atoms with van der Waals surface area (Å²) in [5.41, 5.74) is 2.90. The first-order valence-electron chi connectivity index (χ1n) is 7.75. The first-order valence-corrected chi connectivity index (χ1v) is 7.75. The number of aliphatic carboxylic acids is 1. The van der Waals surface area contributed by atoms with E-state index in [1.165, 1.54) is 0 Å². The maximum absolute atomic E-state index is 10.7. The SMILES string of the molecule is CC.Cc1ccc(CCC(=O)O)c(C)c1Oc1ccc(O)cc1. The summed E-state index contributed by atoms with van der Waals surface area (Å²) >= 11 is 0. The minimum Gasteiger partial charge on any atom is -0.508 e. The largest absolute Gasteiger partial charge is 0.508 e. The van der Waals surface area contributed by atoms with Crippen molar-refractivity contribution < 1.29 is 19.7 Å². The van der Waals surface area contributed by atoms with Crippen LogP contribution in [0.25, 0.3) is 0 Å². The number of hydrogen-bond acceptors (Lipinski definition) is 3. The zero-order valence-corrected chi connectivity index (χ0v) is 14.1. The van der Waals surface area contributed by atoms with Crippen LogP contribution in [-0.4, -0.2) is 16.2 Å². The lowest BCUT2D eigenvalue weighted by Crippen LogP contribution is -2.01. The topological polar surface area (TPSA) is 66.8 Å². The maximum atomic E-state index is 10.7. The molecule has 2 rings (SSSR count). The van der Waals surface area contributed by atoms with Gasteiger partial charge in [0.15, 0.2) is 0 Å². The highest BCUT2D eigenvalue weighted by atomic mass is 16.5. The van der Waals surface area contributed by atoms with Crippen molar-refractivity contribution in [2.45, 2.75) is 40.5 Å². The van der Waals surface area contributed by atoms with Gasteiger partial charge in [0, 0.05) is 6.42 Å². The molecule has 0 heterocycles. The number of aryl methyl sites for hydroxylation is 2. The molecule has 0 radical (unpaired) electrons. The zero-order valence-electron chi connectivity index (χ0n) is 14.1. The van der Waals surface area contributed by atoms with Crippen LogP contribution >= 0.6 is 0 Å². The van der Waals surface area contributed by atoms with Crippen LogP contribution in [0, 0.1) is 13.8 Å². The van der Waals surface area contributed by atoms with E-state index >= 15 is 0 Å². The molecule has 2 aromatic carbocycles. The molecule has 4 nitrogen and oxygen atoms in total. The molecule has 2 aromatic rings. The molecule has 0 spiro atoms. The van der Waals surface area contributed by atoms with E-state index in [4.69, 9.17) is 9.84 Å². The summed E-state index contributed by atoms with van der Waals surface area (Å²) < 4.78 is 5.88. The number of hydrogen-bond donors (Lipinski definition) is 2. The average Bonchev–Trinajstić information content (AvgIpc) is 2.54. The van der Waals surface area contributed by atoms with E-state index in [9.17, 15) is 9.90 Å². The number of phenols is 1. The third kappa shape index (κ3) is 5.33. The van der Waals surface area contributed by atoms with Crippen LogP contribution in [0.15, 0.2) is 36.4 Å². The Morgan fingerprint density at radius 2 is 1.65 bits per heavy atom. The van der Waals surface area contributed by atoms with Crippen molar-refractivity contribution in [3.63, 3.8) is 0 Å². The Morgan fingerprint density at radius 1 is 1.04 bits per heavy atom. The standard InChI is InChI=1S/C17H18O4.C2H6/c1-11-3-4-13(5-10-16(19)20)12(2)17(11)21-15-8-6-14(18)7-9-15;1-2/h3-4,6-9,18H,5,10H2,1-2H3,(H,19,20);1-2H3. The Kier molecular flexibility index (Phi) is 7.13. The third-order valence-electron chi connectivity index (χ3n) is 3.38. The van der Waals surface area contributed by atoms with Crippen LogP contribution in [0.5, 0.6) is 17.2 Å². The summed E-state index contributed by atoms with van der Waals surface area (Å²) in [4.78, 5) is 10.7. The molecule has 0 saturated heterocycles. The van der Waals surface area contributed by atoms with Gasteiger partial charge in [-0.2, -0.15) is 0 Å². The van der Waals surface area contributed by atoms with Gasteiger partial charge in [0.05, 0.1) is 0 Å². The van der Waals surface area contributed by atoms with Crippen molar-refractivity contribution >= 4 is 5.97 Å². The highest BCUT2D eigenvalue weighted by molar-refractivity contribution is 5.67. The van der Waals surface area contributed by atoms with Gasteiger partial charge in [-0.3, -0.25) is 4.79 Å². The molecular formula is C19H24O4. The number of benzene rings is 2. The van der Waals surface area contributed by atoms with Gasteiger partial charge in [-0.25, -0.2) is 0 Å². The van der Waals surface area contributed by atoms with E-state index in [0.717, 1.165) is 22.4 Å². The minimum absolute atomic E-state index is 0.0998. The van der Waals surface area contributed by atoms with Crippen LogP contribution in [0.3, 0.4) is 0 Å². The first-order chi connectivity index (χ1) is 11.0. The summed E-state index contributed by atoms with van der Waals surface area (Å²) in [7, 11) is 0. The van der Waals surface area contributed by atoms with Gasteiger partial charge in [-0.05, 0) is 61.2 Å². The molecule has 0 bridgehead atoms. The predicted octanol–water partition coefficient (Wildman–Crippen LogP) is 4.84. The molecule has 23 heavy (non-hydrogen) atoms. The zero-order chi connectivity index (χ0) is 17.4. The van der Waals surface area contributed by atoms with Gasteiger partial charge in [0.2, 0.25) is 0 Å². The Bertz CT molecular complexity index is 645. The lowest BCUT2D eigenvalue weighted by Gasteiger charge is -2.15. The van der Waals surface area contributed by atoms with Crippen molar-refractivity contribution in [2.24, 2.45) is 0 Å². The number of rotatable bonds is 5. The van der Waals surface area contributed by atoms with E-state index < -0.39 is 5.97 Å². The van der Waals surface area contributed by atoms with Gasteiger partial charge in [-0.15, -0.1) is 0 Å². The van der Waals surface area contributed by atoms with Crippen LogP contribution in [0.2, 0.25) is 0 Å². The molecule has 0 unspecified atom stereocenters. The highest BCUT2D eigenvalue weighted by Gasteiger charge is 2.11. The molecule has 0 fully saturated rings. The molecule has 124 valence electrons. The van der Waals surface area contributed by atoms with Crippen molar-refractivity contribution in [2.75, 3.05) is 0 Å². The summed E-state index contributed by atoms with van der Waals surface area (Å²) in [6.07, 6.45) is 0.579. The summed E-state index contributed by atoms with van der Waals surface area (Å²) in [6, 6.07) is 10.4. The number of aromatic hydroxyl groups is 1. The minimum atomic E-state index is -0.809. The Morgan fingerprint density at radius 3 is 2.22 bits per heavy atom. The Hall–Kier alpha value is -2.49. The van der Waals surface area contributed by atoms with E-state index in [1.807, 2.05) is 39.8 Å². The van der Waals surface area contributed by atoms with Crippen LogP contribution in [0.1, 0.15) is 37.0 Å². The fraction of sp³-hybridized carbons (Fsp3) is 0.316. The van der Waals surface area contributed by atoms with E-state index in [-0.39, 0.29) is 12.2 Å². The van der Waals surface area contributed by atoms with Gasteiger partial charge in [0.1, 0.15) is 17.2 Å². The molecule has 0 amide bonds. The second-order valence-electron chi connectivity index (χ2n) is 4.99. The smallest absolute Gasteiger partial charge is 0.303 e. The number of ether oxygens (including phenoxy) is 1. The first kappa shape index (κ1) is 18.6. The van der Waals surface area contributed by atoms with Crippen LogP contribution < -0.4 is 4.74 Å². The van der Waals surface area contributed by atoms with E-state index in [1.54, 1.807) is 24.3 Å². The fourth-order valence-electron chi connectivity index (χ4n) is 2.17. The highest BCUT2D eigenvalue weighted by Crippen LogP contribution is 2.32. The summed E-state index contributed by atoms with van der Waals surface area (Å²) in [6.45, 7) is 7.88. The van der Waals surface area contributed by atoms with Gasteiger partial charge < -0.3 is 14.9 Å². The number of carboxylic acid groups (broad SMARTS) is 1. The molecule has 2 N–H and O–H groups in total. The molecule has 0 aliphatic heterocycles. The second kappa shape index (κ2) is 8.83. The van der Waals surface area contributed by atoms with Crippen molar-refractivity contribution in [3.8, 4) is 17.2 Å². The molecule has 0 aliphatic rings. The summed E-state index contributed by atoms with van der Waals surface area (Å²) in [5, 5.41) is 18.1. The van der Waals surface area contributed by atoms with Gasteiger partial charge in [0.25, 0.3) is 0 Å². The van der Waals surface area contributed by atoms with Gasteiger partial charge in [-0.1, -0.05) is 26.0 Å². The average molecular weight is 316 g/mol. The van der Waals surface area contributed by atoms with Crippen LogP contribution in [0.4, 0.5) is 0 Å². The van der Waals surface area contributed by atoms with Crippen molar-refractivity contribution in [1.82, 2.24) is 0 Å². The van der Waals surface area contributed by atoms with E-state index in [0.29, 0.717) is 12.2 Å². The molecule has 4 heteroatoms. The number of carbonyl (C=O) groups is 1. The third-order valence-corrected chi connectivity index (χ3v) is 3.38. The Balaban J connectivity index is 0.00000127. The quantitative estimate of drug-likeness (QED) is 0.828. The lowest BCUT2D eigenvalue weighted by molar-refractivity contribution is -0.136. The molecular weight excluding hydrogens is 292 g/mol. The molecule has 0 saturated carbocycles. The molecule has 0 aromatic heterocycles. The predicted molar refractivity (Wildman–Crippen MR) is 91.4 cm³/mol. The maximum Gasteiger partial charge on any atom is 0.303 e. The summed E-state index contributed by atoms with van der Waals surface area (Å²) in [5.74, 6) is 0.750. The molecule has 0 aliphatic carbocycles. The monoisotopic (exact) mass is 316 g/mol. The number of phenolic OH excluding ortho intramolecular Hbond substituents is 1.